The molecule has 0 N–H and O–H groups in total. The lowest BCUT2D eigenvalue weighted by Gasteiger charge is -2.30. The standard InChI is InChI=1S/C11H14O2.C9H20O.C9H12.2C9H20.C8H15N.C6H11N.C6H12O2.C6H14.C5H9N/c1-11(2,10(12)13-3)9-7-5-4-6-8-9;1-8(2,3)7-9(4,5)10-6;1-8(2)9-6-4-3-5-7-9;1-8(2,3)7-9(4,5)6;1-6-8(2)7-9(3,4)5;1-7(2)5-8(3,4)6-9;1-4-6(2,3)5-7;1-6(2,3)5(7)8-4;1-5-6(2,3)4;1-5(2,3)4-6/h4-8H,1-3H3;7H2,1-6H3;3-8H,1-2H3;7H2,1-6H3;8H,6-7H2,1-5H3;7H,5H2,1-4H3;4H2,1-3H3;1-4H3;5H2,1-4H3;1-3H3. The highest BCUT2D eigenvalue weighted by Crippen LogP contribution is 2.32. The molecule has 0 aliphatic carbocycles. The number of ether oxygens (including phenoxy) is 3. The Morgan fingerprint density at radius 3 is 0.907 bits per heavy atom. The van der Waals surface area contributed by atoms with Gasteiger partial charge in [0.1, 0.15) is 0 Å². The zero-order valence-electron chi connectivity index (χ0n) is 64.8. The van der Waals surface area contributed by atoms with Gasteiger partial charge in [0.25, 0.3) is 0 Å². The van der Waals surface area contributed by atoms with Crippen LogP contribution in [0.25, 0.3) is 0 Å². The van der Waals surface area contributed by atoms with Crippen LogP contribution in [-0.2, 0) is 29.2 Å². The Labute approximate surface area is 538 Å². The highest BCUT2D eigenvalue weighted by molar-refractivity contribution is 5.82. The molecule has 0 aliphatic heterocycles. The molecule has 0 radical (unpaired) electrons. The summed E-state index contributed by atoms with van der Waals surface area (Å²) < 4.78 is 14.5. The van der Waals surface area contributed by atoms with Crippen molar-refractivity contribution in [3.05, 3.63) is 71.8 Å². The molecule has 0 saturated carbocycles. The van der Waals surface area contributed by atoms with Crippen molar-refractivity contribution in [1.82, 2.24) is 0 Å². The van der Waals surface area contributed by atoms with E-state index in [0.29, 0.717) is 38.9 Å². The summed E-state index contributed by atoms with van der Waals surface area (Å²) in [7, 11) is 4.58. The SMILES string of the molecule is CC(C)(C)C#N.CC(C)(C)CC(C)(C)C.CC(C)CC(C)(C)C#N.CC(C)c1ccccc1.CCC(C)(C)C.CCC(C)(C)C#N.CCC(C)CC(C)(C)C.COC(=O)C(C)(C)C.COC(=O)C(C)(C)c1ccccc1.COC(C)(C)CC(C)(C)C. The average Bonchev–Trinajstić information content (AvgIpc) is 3.34. The fraction of sp³-hybridized carbons (Fsp3) is 0.782. The molecule has 2 aromatic rings. The molecule has 0 heterocycles. The Morgan fingerprint density at radius 2 is 0.779 bits per heavy atom. The van der Waals surface area contributed by atoms with Crippen molar-refractivity contribution in [3.8, 4) is 18.2 Å². The van der Waals surface area contributed by atoms with Gasteiger partial charge >= 0.3 is 11.9 Å². The van der Waals surface area contributed by atoms with E-state index in [1.165, 1.54) is 45.5 Å². The summed E-state index contributed by atoms with van der Waals surface area (Å²) in [5, 5.41) is 25.1. The first-order chi connectivity index (χ1) is 38.0. The maximum atomic E-state index is 11.4. The van der Waals surface area contributed by atoms with Crippen molar-refractivity contribution in [2.75, 3.05) is 21.3 Å². The molecular formula is C78H147N3O5. The summed E-state index contributed by atoms with van der Waals surface area (Å²) in [6, 6.07) is 26.7. The van der Waals surface area contributed by atoms with E-state index in [1.807, 2.05) is 126 Å². The van der Waals surface area contributed by atoms with Gasteiger partial charge in [-0.2, -0.15) is 15.8 Å². The van der Waals surface area contributed by atoms with Crippen LogP contribution in [-0.4, -0.2) is 38.9 Å². The largest absolute Gasteiger partial charge is 0.469 e. The van der Waals surface area contributed by atoms with E-state index in [0.717, 1.165) is 30.7 Å². The number of carbonyl (C=O) groups is 2. The zero-order chi connectivity index (χ0) is 70.8. The summed E-state index contributed by atoms with van der Waals surface area (Å²) in [6.45, 7) is 78.5. The molecule has 0 aromatic heterocycles. The molecule has 2 aromatic carbocycles. The Bertz CT molecular complexity index is 2070. The number of methoxy groups -OCH3 is 3. The Morgan fingerprint density at radius 1 is 0.442 bits per heavy atom. The molecule has 0 aliphatic rings. The van der Waals surface area contributed by atoms with Crippen LogP contribution in [0.3, 0.4) is 0 Å². The molecule has 0 spiro atoms. The minimum atomic E-state index is -0.560. The third-order valence-electron chi connectivity index (χ3n) is 12.5. The van der Waals surface area contributed by atoms with Crippen LogP contribution in [0.2, 0.25) is 0 Å². The first-order valence-electron chi connectivity index (χ1n) is 32.1. The van der Waals surface area contributed by atoms with Crippen LogP contribution in [0.1, 0.15) is 318 Å². The van der Waals surface area contributed by atoms with Crippen LogP contribution in [0.4, 0.5) is 0 Å². The van der Waals surface area contributed by atoms with Crippen molar-refractivity contribution in [1.29, 1.82) is 15.8 Å². The first kappa shape index (κ1) is 98.1. The molecule has 0 saturated heterocycles. The number of nitrogens with zero attached hydrogens (tertiary/aromatic N) is 3. The summed E-state index contributed by atoms with van der Waals surface area (Å²) in [5.41, 5.74) is 3.50. The fourth-order valence-corrected chi connectivity index (χ4v) is 7.65. The van der Waals surface area contributed by atoms with Crippen LogP contribution in [0, 0.1) is 94.6 Å². The summed E-state index contributed by atoms with van der Waals surface area (Å²) in [5.74, 6) is 1.80. The Balaban J connectivity index is -0.000000132. The topological polar surface area (TPSA) is 133 Å². The monoisotopic (exact) mass is 1210 g/mol. The molecule has 504 valence electrons. The van der Waals surface area contributed by atoms with Crippen LogP contribution in [0.15, 0.2) is 60.7 Å². The van der Waals surface area contributed by atoms with Crippen LogP contribution < -0.4 is 0 Å². The normalized spacial score (nSPS) is 12.1. The van der Waals surface area contributed by atoms with Gasteiger partial charge in [-0.15, -0.1) is 0 Å². The lowest BCUT2D eigenvalue weighted by Crippen LogP contribution is -2.29. The number of rotatable bonds is 10. The van der Waals surface area contributed by atoms with Gasteiger partial charge < -0.3 is 14.2 Å². The molecule has 8 nitrogen and oxygen atoms in total. The number of carbonyl (C=O) groups excluding carboxylic acids is 2. The second kappa shape index (κ2) is 46.0. The van der Waals surface area contributed by atoms with Crippen LogP contribution in [0.5, 0.6) is 0 Å². The number of hydrogen-bond donors (Lipinski definition) is 0. The second-order valence-corrected chi connectivity index (χ2v) is 34.3. The van der Waals surface area contributed by atoms with Gasteiger partial charge in [-0.3, -0.25) is 9.59 Å². The molecular weight excluding hydrogens is 1060 g/mol. The van der Waals surface area contributed by atoms with Crippen molar-refractivity contribution in [3.63, 3.8) is 0 Å². The average molecular weight is 1210 g/mol. The van der Waals surface area contributed by atoms with Gasteiger partial charge in [-0.1, -0.05) is 233 Å². The summed E-state index contributed by atoms with van der Waals surface area (Å²) in [4.78, 5) is 22.0. The van der Waals surface area contributed by atoms with Gasteiger partial charge in [0.05, 0.1) is 59.7 Å². The minimum Gasteiger partial charge on any atom is -0.469 e. The Hall–Kier alpha value is -4.19. The number of nitriles is 3. The molecule has 1 unspecified atom stereocenters. The third-order valence-corrected chi connectivity index (χ3v) is 12.5. The second-order valence-electron chi connectivity index (χ2n) is 34.3. The van der Waals surface area contributed by atoms with E-state index < -0.39 is 5.41 Å². The molecule has 0 amide bonds. The van der Waals surface area contributed by atoms with Gasteiger partial charge in [0.2, 0.25) is 0 Å². The van der Waals surface area contributed by atoms with Crippen molar-refractivity contribution >= 4 is 11.9 Å². The number of hydrogen-bond acceptors (Lipinski definition) is 8. The van der Waals surface area contributed by atoms with E-state index in [1.54, 1.807) is 7.11 Å². The van der Waals surface area contributed by atoms with E-state index in [-0.39, 0.29) is 39.2 Å². The fourth-order valence-electron chi connectivity index (χ4n) is 7.65. The first-order valence-corrected chi connectivity index (χ1v) is 32.1. The zero-order valence-corrected chi connectivity index (χ0v) is 64.8. The summed E-state index contributed by atoms with van der Waals surface area (Å²) >= 11 is 0. The predicted octanol–water partition coefficient (Wildman–Crippen LogP) is 24.5. The summed E-state index contributed by atoms with van der Waals surface area (Å²) in [6.07, 6.45) is 8.25. The Kier molecular flexibility index (Phi) is 52.4. The molecule has 86 heavy (non-hydrogen) atoms. The maximum Gasteiger partial charge on any atom is 0.315 e. The van der Waals surface area contributed by atoms with Gasteiger partial charge in [0, 0.05) is 12.5 Å². The lowest BCUT2D eigenvalue weighted by atomic mass is 9.78. The smallest absolute Gasteiger partial charge is 0.315 e. The van der Waals surface area contributed by atoms with Crippen molar-refractivity contribution in [2.24, 2.45) is 60.6 Å². The highest BCUT2D eigenvalue weighted by Gasteiger charge is 2.30. The van der Waals surface area contributed by atoms with E-state index >= 15 is 0 Å². The van der Waals surface area contributed by atoms with Crippen molar-refractivity contribution < 1.29 is 23.8 Å². The lowest BCUT2D eigenvalue weighted by molar-refractivity contribution is -0.149. The third kappa shape index (κ3) is 77.8. The van der Waals surface area contributed by atoms with Crippen LogP contribution >= 0.6 is 0 Å². The van der Waals surface area contributed by atoms with E-state index in [2.05, 4.69) is 213 Å². The molecule has 1 atom stereocenters. The number of esters is 2. The number of benzene rings is 2. The van der Waals surface area contributed by atoms with E-state index in [4.69, 9.17) is 25.3 Å². The van der Waals surface area contributed by atoms with E-state index in [9.17, 15) is 9.59 Å². The molecule has 0 bridgehead atoms. The van der Waals surface area contributed by atoms with Gasteiger partial charge in [0.15, 0.2) is 0 Å². The molecule has 8 heteroatoms. The minimum absolute atomic E-state index is 0.0260. The molecule has 2 rings (SSSR count). The van der Waals surface area contributed by atoms with Gasteiger partial charge in [-0.05, 0) is 185 Å². The maximum absolute atomic E-state index is 11.4. The molecule has 0 fully saturated rings. The quantitative estimate of drug-likeness (QED) is 0.215. The predicted molar refractivity (Wildman–Crippen MR) is 379 cm³/mol. The highest BCUT2D eigenvalue weighted by atomic mass is 16.5. The van der Waals surface area contributed by atoms with Gasteiger partial charge in [-0.25, -0.2) is 0 Å². The van der Waals surface area contributed by atoms with Crippen molar-refractivity contribution in [2.45, 2.75) is 318 Å².